The van der Waals surface area contributed by atoms with E-state index in [4.69, 9.17) is 0 Å². The highest BCUT2D eigenvalue weighted by Crippen LogP contribution is 2.36. The molecule has 0 saturated heterocycles. The lowest BCUT2D eigenvalue weighted by atomic mass is 9.84. The minimum atomic E-state index is -4.99. The van der Waals surface area contributed by atoms with Gasteiger partial charge < -0.3 is 0 Å². The second-order valence-corrected chi connectivity index (χ2v) is 7.49. The molecule has 0 heterocycles. The van der Waals surface area contributed by atoms with Crippen molar-refractivity contribution in [3.8, 4) is 0 Å². The number of benzene rings is 2. The van der Waals surface area contributed by atoms with Crippen LogP contribution in [0.4, 0.5) is 26.3 Å². The van der Waals surface area contributed by atoms with E-state index in [1.807, 2.05) is 12.1 Å². The molecule has 3 rings (SSSR count). The Hall–Kier alpha value is -2.57. The predicted octanol–water partition coefficient (Wildman–Crippen LogP) is 7.67. The molecular formula is C23H20F6O. The van der Waals surface area contributed by atoms with Gasteiger partial charge in [-0.2, -0.15) is 26.3 Å². The molecule has 0 N–H and O–H groups in total. The lowest BCUT2D eigenvalue weighted by Gasteiger charge is -2.21. The second-order valence-electron chi connectivity index (χ2n) is 7.49. The fourth-order valence-corrected chi connectivity index (χ4v) is 3.68. The quantitative estimate of drug-likeness (QED) is 0.279. The SMILES string of the molecule is O=C(C=Cc1ccc(C2CCCCC2)cc1)c1cc(C(F)(F)F)cc(C(F)(F)F)c1. The lowest BCUT2D eigenvalue weighted by Crippen LogP contribution is -2.13. The van der Waals surface area contributed by atoms with Gasteiger partial charge in [0.15, 0.2) is 5.78 Å². The Bertz CT molecular complexity index is 884. The number of rotatable bonds is 4. The van der Waals surface area contributed by atoms with Crippen LogP contribution in [0.5, 0.6) is 0 Å². The normalized spacial score (nSPS) is 16.2. The van der Waals surface area contributed by atoms with E-state index >= 15 is 0 Å². The van der Waals surface area contributed by atoms with Gasteiger partial charge in [0.1, 0.15) is 0 Å². The highest BCUT2D eigenvalue weighted by Gasteiger charge is 2.37. The molecular weight excluding hydrogens is 406 g/mol. The Balaban J connectivity index is 1.80. The van der Waals surface area contributed by atoms with Crippen LogP contribution in [0.2, 0.25) is 0 Å². The van der Waals surface area contributed by atoms with E-state index in [-0.39, 0.29) is 6.07 Å². The molecule has 30 heavy (non-hydrogen) atoms. The molecule has 2 aromatic carbocycles. The zero-order valence-corrected chi connectivity index (χ0v) is 16.0. The molecule has 0 atom stereocenters. The molecule has 1 nitrogen and oxygen atoms in total. The van der Waals surface area contributed by atoms with Gasteiger partial charge >= 0.3 is 12.4 Å². The summed E-state index contributed by atoms with van der Waals surface area (Å²) in [5, 5.41) is 0. The molecule has 160 valence electrons. The summed E-state index contributed by atoms with van der Waals surface area (Å²) in [5.41, 5.74) is -1.83. The maximum Gasteiger partial charge on any atom is 0.416 e. The molecule has 0 bridgehead atoms. The van der Waals surface area contributed by atoms with E-state index in [9.17, 15) is 31.1 Å². The van der Waals surface area contributed by atoms with Crippen molar-refractivity contribution in [2.24, 2.45) is 0 Å². The van der Waals surface area contributed by atoms with Crippen LogP contribution in [-0.2, 0) is 12.4 Å². The third kappa shape index (κ3) is 5.52. The van der Waals surface area contributed by atoms with Crippen molar-refractivity contribution in [2.45, 2.75) is 50.4 Å². The summed E-state index contributed by atoms with van der Waals surface area (Å²) in [6, 6.07) is 8.37. The van der Waals surface area contributed by atoms with E-state index in [0.717, 1.165) is 18.9 Å². The first kappa shape index (κ1) is 22.1. The lowest BCUT2D eigenvalue weighted by molar-refractivity contribution is -0.143. The van der Waals surface area contributed by atoms with Gasteiger partial charge in [0.05, 0.1) is 11.1 Å². The third-order valence-electron chi connectivity index (χ3n) is 5.31. The van der Waals surface area contributed by atoms with E-state index in [1.165, 1.54) is 30.9 Å². The highest BCUT2D eigenvalue weighted by atomic mass is 19.4. The van der Waals surface area contributed by atoms with Crippen LogP contribution in [0.1, 0.15) is 70.6 Å². The summed E-state index contributed by atoms with van der Waals surface area (Å²) in [6.07, 6.45) is -1.72. The summed E-state index contributed by atoms with van der Waals surface area (Å²) in [6.45, 7) is 0. The van der Waals surface area contributed by atoms with Gasteiger partial charge in [0.2, 0.25) is 0 Å². The van der Waals surface area contributed by atoms with E-state index in [1.54, 1.807) is 12.1 Å². The predicted molar refractivity (Wildman–Crippen MR) is 102 cm³/mol. The molecule has 0 aliphatic heterocycles. The van der Waals surface area contributed by atoms with Crippen molar-refractivity contribution < 1.29 is 31.1 Å². The van der Waals surface area contributed by atoms with Crippen molar-refractivity contribution >= 4 is 11.9 Å². The van der Waals surface area contributed by atoms with Crippen LogP contribution in [0.15, 0.2) is 48.5 Å². The Morgan fingerprint density at radius 1 is 0.800 bits per heavy atom. The van der Waals surface area contributed by atoms with Crippen molar-refractivity contribution in [1.82, 2.24) is 0 Å². The van der Waals surface area contributed by atoms with Crippen LogP contribution < -0.4 is 0 Å². The first-order valence-corrected chi connectivity index (χ1v) is 9.66. The van der Waals surface area contributed by atoms with Crippen LogP contribution in [0, 0.1) is 0 Å². The van der Waals surface area contributed by atoms with Gasteiger partial charge in [-0.05, 0) is 54.2 Å². The van der Waals surface area contributed by atoms with Crippen LogP contribution in [-0.4, -0.2) is 5.78 Å². The summed E-state index contributed by atoms with van der Waals surface area (Å²) in [5.74, 6) is -0.424. The van der Waals surface area contributed by atoms with E-state index in [0.29, 0.717) is 23.6 Å². The zero-order valence-electron chi connectivity index (χ0n) is 16.0. The maximum absolute atomic E-state index is 12.9. The summed E-state index contributed by atoms with van der Waals surface area (Å²) >= 11 is 0. The van der Waals surface area contributed by atoms with Gasteiger partial charge in [-0.15, -0.1) is 0 Å². The Labute approximate surface area is 170 Å². The molecule has 0 radical (unpaired) electrons. The number of ketones is 1. The van der Waals surface area contributed by atoms with Crippen molar-refractivity contribution in [3.63, 3.8) is 0 Å². The molecule has 2 aromatic rings. The fraction of sp³-hybridized carbons (Fsp3) is 0.348. The number of carbonyl (C=O) groups is 1. The average Bonchev–Trinajstić information content (AvgIpc) is 2.71. The Morgan fingerprint density at radius 2 is 1.33 bits per heavy atom. The standard InChI is InChI=1S/C23H20F6O/c24-22(25,26)19-12-18(13-20(14-19)23(27,28)29)21(30)11-8-15-6-9-17(10-7-15)16-4-2-1-3-5-16/h6-14,16H,1-5H2. The van der Waals surface area contributed by atoms with Gasteiger partial charge in [-0.25, -0.2) is 0 Å². The summed E-state index contributed by atoms with van der Waals surface area (Å²) < 4.78 is 77.7. The van der Waals surface area contributed by atoms with Crippen LogP contribution in [0.3, 0.4) is 0 Å². The smallest absolute Gasteiger partial charge is 0.289 e. The molecule has 0 aromatic heterocycles. The van der Waals surface area contributed by atoms with Crippen LogP contribution >= 0.6 is 0 Å². The van der Waals surface area contributed by atoms with Crippen molar-refractivity contribution in [2.75, 3.05) is 0 Å². The molecule has 1 saturated carbocycles. The number of allylic oxidation sites excluding steroid dienone is 1. The van der Waals surface area contributed by atoms with Crippen molar-refractivity contribution in [3.05, 3.63) is 76.4 Å². The number of halogens is 6. The number of alkyl halides is 6. The molecule has 0 amide bonds. The van der Waals surface area contributed by atoms with Gasteiger partial charge in [-0.3, -0.25) is 4.79 Å². The Kier molecular flexibility index (Phi) is 6.38. The maximum atomic E-state index is 12.9. The summed E-state index contributed by atoms with van der Waals surface area (Å²) in [7, 11) is 0. The molecule has 1 aliphatic rings. The third-order valence-corrected chi connectivity index (χ3v) is 5.31. The molecule has 1 fully saturated rings. The molecule has 7 heteroatoms. The molecule has 1 aliphatic carbocycles. The van der Waals surface area contributed by atoms with Crippen LogP contribution in [0.25, 0.3) is 6.08 Å². The number of hydrogen-bond acceptors (Lipinski definition) is 1. The first-order valence-electron chi connectivity index (χ1n) is 9.66. The van der Waals surface area contributed by atoms with E-state index < -0.39 is 34.8 Å². The van der Waals surface area contributed by atoms with Gasteiger partial charge in [0.25, 0.3) is 0 Å². The van der Waals surface area contributed by atoms with Gasteiger partial charge in [-0.1, -0.05) is 49.6 Å². The van der Waals surface area contributed by atoms with Crippen molar-refractivity contribution in [1.29, 1.82) is 0 Å². The summed E-state index contributed by atoms with van der Waals surface area (Å²) in [4.78, 5) is 12.3. The fourth-order valence-electron chi connectivity index (χ4n) is 3.68. The topological polar surface area (TPSA) is 17.1 Å². The Morgan fingerprint density at radius 3 is 1.83 bits per heavy atom. The largest absolute Gasteiger partial charge is 0.416 e. The monoisotopic (exact) mass is 426 g/mol. The molecule has 0 spiro atoms. The first-order chi connectivity index (χ1) is 14.0. The minimum Gasteiger partial charge on any atom is -0.289 e. The van der Waals surface area contributed by atoms with E-state index in [2.05, 4.69) is 0 Å². The minimum absolute atomic E-state index is 0.00445. The average molecular weight is 426 g/mol. The molecule has 0 unspecified atom stereocenters. The highest BCUT2D eigenvalue weighted by molar-refractivity contribution is 6.07. The van der Waals surface area contributed by atoms with Gasteiger partial charge in [0, 0.05) is 5.56 Å². The zero-order chi connectivity index (χ0) is 21.9. The number of hydrogen-bond donors (Lipinski definition) is 0. The second kappa shape index (κ2) is 8.66. The number of carbonyl (C=O) groups excluding carboxylic acids is 1.